The third-order valence-electron chi connectivity index (χ3n) is 22.5. The van der Waals surface area contributed by atoms with Gasteiger partial charge in [0, 0.05) is 6.42 Å². The molecule has 0 aromatic rings. The molecule has 2 rings (SSSR count). The quantitative estimate of drug-likeness (QED) is 0.0204. The van der Waals surface area contributed by atoms with Gasteiger partial charge in [-0.1, -0.05) is 418 Å². The maximum absolute atomic E-state index is 13.4. The lowest BCUT2D eigenvalue weighted by Crippen LogP contribution is -2.65. The molecule has 2 saturated heterocycles. The molecule has 14 nitrogen and oxygen atoms in total. The number of allylic oxidation sites excluding steroid dienone is 2. The monoisotopic (exact) mass is 1450 g/mol. The van der Waals surface area contributed by atoms with Crippen molar-refractivity contribution >= 4 is 5.91 Å². The van der Waals surface area contributed by atoms with Crippen LogP contribution in [0.2, 0.25) is 0 Å². The number of unbranched alkanes of at least 4 members (excludes halogenated alkanes) is 63. The molecule has 12 atom stereocenters. The van der Waals surface area contributed by atoms with E-state index in [1.54, 1.807) is 0 Å². The molecular formula is C88H171NO13. The van der Waals surface area contributed by atoms with Crippen LogP contribution in [0.5, 0.6) is 0 Å². The summed E-state index contributed by atoms with van der Waals surface area (Å²) < 4.78 is 23.0. The number of hydrogen-bond donors (Lipinski definition) is 9. The van der Waals surface area contributed by atoms with E-state index in [0.717, 1.165) is 51.4 Å². The molecule has 14 heteroatoms. The Labute approximate surface area is 628 Å². The van der Waals surface area contributed by atoms with Crippen LogP contribution in [0.1, 0.15) is 450 Å². The van der Waals surface area contributed by atoms with Crippen molar-refractivity contribution in [3.63, 3.8) is 0 Å². The van der Waals surface area contributed by atoms with Gasteiger partial charge in [-0.25, -0.2) is 0 Å². The number of aliphatic hydroxyl groups excluding tert-OH is 8. The number of nitrogens with one attached hydrogen (secondary N) is 1. The van der Waals surface area contributed by atoms with Crippen molar-refractivity contribution in [3.8, 4) is 0 Å². The van der Waals surface area contributed by atoms with Crippen molar-refractivity contribution in [2.45, 2.75) is 524 Å². The lowest BCUT2D eigenvalue weighted by Gasteiger charge is -2.46. The van der Waals surface area contributed by atoms with E-state index in [4.69, 9.17) is 18.9 Å². The molecule has 2 aliphatic rings. The molecule has 0 spiro atoms. The zero-order chi connectivity index (χ0) is 73.7. The van der Waals surface area contributed by atoms with Gasteiger partial charge in [-0.15, -0.1) is 0 Å². The van der Waals surface area contributed by atoms with Crippen molar-refractivity contribution in [2.24, 2.45) is 0 Å². The largest absolute Gasteiger partial charge is 0.394 e. The standard InChI is InChI=1S/C88H171NO13/c1-3-5-7-9-11-13-15-17-19-21-23-25-27-29-31-32-33-34-35-36-37-38-39-40-41-42-43-44-46-48-50-52-54-56-58-60-62-64-66-68-70-72-80(93)89-76(75-99-87-85(98)83(96)86(79(74-91)101-87)102-88-84(97)82(95)81(94)78(73-90)100-88)77(92)71-69-67-65-63-61-59-57-55-53-51-49-47-45-30-28-26-24-22-20-18-16-14-12-10-8-6-4-2/h21,23,76-79,81-88,90-92,94-98H,3-20,22,24-75H2,1-2H3,(H,89,93)/b23-21-. The van der Waals surface area contributed by atoms with Crippen LogP contribution in [-0.4, -0.2) is 140 Å². The van der Waals surface area contributed by atoms with Gasteiger partial charge in [0.05, 0.1) is 32.0 Å². The van der Waals surface area contributed by atoms with E-state index in [2.05, 4.69) is 31.3 Å². The molecule has 9 N–H and O–H groups in total. The fraction of sp³-hybridized carbons (Fsp3) is 0.966. The highest BCUT2D eigenvalue weighted by Crippen LogP contribution is 2.31. The molecule has 0 saturated carbocycles. The van der Waals surface area contributed by atoms with Gasteiger partial charge in [0.1, 0.15) is 48.8 Å². The van der Waals surface area contributed by atoms with E-state index in [-0.39, 0.29) is 12.5 Å². The Hall–Kier alpha value is -1.27. The van der Waals surface area contributed by atoms with Crippen molar-refractivity contribution in [2.75, 3.05) is 19.8 Å². The average Bonchev–Trinajstić information content (AvgIpc) is 0.790. The molecule has 102 heavy (non-hydrogen) atoms. The third kappa shape index (κ3) is 54.3. The zero-order valence-corrected chi connectivity index (χ0v) is 66.9. The van der Waals surface area contributed by atoms with Crippen LogP contribution in [0, 0.1) is 0 Å². The van der Waals surface area contributed by atoms with Crippen LogP contribution >= 0.6 is 0 Å². The minimum Gasteiger partial charge on any atom is -0.394 e. The Kier molecular flexibility index (Phi) is 68.9. The molecule has 0 bridgehead atoms. The summed E-state index contributed by atoms with van der Waals surface area (Å²) in [5.74, 6) is -0.194. The summed E-state index contributed by atoms with van der Waals surface area (Å²) in [7, 11) is 0. The highest BCUT2D eigenvalue weighted by molar-refractivity contribution is 5.76. The van der Waals surface area contributed by atoms with E-state index < -0.39 is 86.8 Å². The first-order valence-corrected chi connectivity index (χ1v) is 44.9. The highest BCUT2D eigenvalue weighted by Gasteiger charge is 2.51. The number of carbonyl (C=O) groups is 1. The third-order valence-corrected chi connectivity index (χ3v) is 22.5. The first kappa shape index (κ1) is 96.8. The Balaban J connectivity index is 1.53. The molecule has 12 unspecified atom stereocenters. The summed E-state index contributed by atoms with van der Waals surface area (Å²) in [4.78, 5) is 13.4. The minimum atomic E-state index is -1.78. The van der Waals surface area contributed by atoms with Crippen LogP contribution in [0.4, 0.5) is 0 Å². The molecule has 2 fully saturated rings. The van der Waals surface area contributed by atoms with Crippen LogP contribution in [0.25, 0.3) is 0 Å². The maximum Gasteiger partial charge on any atom is 0.220 e. The Morgan fingerprint density at radius 3 is 0.931 bits per heavy atom. The summed E-state index contributed by atoms with van der Waals surface area (Å²) >= 11 is 0. The van der Waals surface area contributed by atoms with Crippen molar-refractivity contribution in [3.05, 3.63) is 12.2 Å². The molecule has 606 valence electrons. The van der Waals surface area contributed by atoms with Crippen LogP contribution in [-0.2, 0) is 23.7 Å². The summed E-state index contributed by atoms with van der Waals surface area (Å²) in [6.07, 6.45) is 77.3. The number of aliphatic hydroxyl groups is 8. The average molecular weight is 1450 g/mol. The number of amides is 1. The molecule has 1 amide bonds. The molecule has 2 heterocycles. The minimum absolute atomic E-state index is 0.194. The van der Waals surface area contributed by atoms with Gasteiger partial charge < -0.3 is 65.1 Å². The van der Waals surface area contributed by atoms with Gasteiger partial charge >= 0.3 is 0 Å². The smallest absolute Gasteiger partial charge is 0.220 e. The number of carbonyl (C=O) groups excluding carboxylic acids is 1. The van der Waals surface area contributed by atoms with Gasteiger partial charge in [0.2, 0.25) is 5.91 Å². The van der Waals surface area contributed by atoms with Gasteiger partial charge in [-0.3, -0.25) is 4.79 Å². The molecule has 0 aromatic heterocycles. The molecule has 0 aliphatic carbocycles. The van der Waals surface area contributed by atoms with E-state index in [1.165, 1.54) is 372 Å². The number of ether oxygens (including phenoxy) is 4. The highest BCUT2D eigenvalue weighted by atomic mass is 16.7. The second-order valence-corrected chi connectivity index (χ2v) is 32.1. The molecule has 2 aliphatic heterocycles. The van der Waals surface area contributed by atoms with Crippen molar-refractivity contribution in [1.82, 2.24) is 5.32 Å². The first-order valence-electron chi connectivity index (χ1n) is 44.9. The van der Waals surface area contributed by atoms with Gasteiger partial charge in [0.25, 0.3) is 0 Å². The Bertz CT molecular complexity index is 1760. The summed E-state index contributed by atoms with van der Waals surface area (Å²) in [5, 5.41) is 88.0. The number of rotatable bonds is 78. The Morgan fingerprint density at radius 1 is 0.343 bits per heavy atom. The van der Waals surface area contributed by atoms with Gasteiger partial charge in [-0.2, -0.15) is 0 Å². The van der Waals surface area contributed by atoms with Crippen LogP contribution < -0.4 is 5.32 Å². The van der Waals surface area contributed by atoms with Crippen molar-refractivity contribution in [1.29, 1.82) is 0 Å². The van der Waals surface area contributed by atoms with Gasteiger partial charge in [0.15, 0.2) is 12.6 Å². The lowest BCUT2D eigenvalue weighted by atomic mass is 9.97. The second kappa shape index (κ2) is 72.6. The first-order chi connectivity index (χ1) is 50.1. The maximum atomic E-state index is 13.4. The van der Waals surface area contributed by atoms with Crippen LogP contribution in [0.15, 0.2) is 12.2 Å². The fourth-order valence-corrected chi connectivity index (χ4v) is 15.4. The van der Waals surface area contributed by atoms with Gasteiger partial charge in [-0.05, 0) is 38.5 Å². The van der Waals surface area contributed by atoms with E-state index in [1.807, 2.05) is 0 Å². The zero-order valence-electron chi connectivity index (χ0n) is 66.9. The fourth-order valence-electron chi connectivity index (χ4n) is 15.4. The second-order valence-electron chi connectivity index (χ2n) is 32.1. The topological polar surface area (TPSA) is 228 Å². The Morgan fingerprint density at radius 2 is 0.618 bits per heavy atom. The van der Waals surface area contributed by atoms with E-state index in [9.17, 15) is 45.6 Å². The summed E-state index contributed by atoms with van der Waals surface area (Å²) in [6, 6.07) is -0.827. The van der Waals surface area contributed by atoms with Crippen molar-refractivity contribution < 1.29 is 64.6 Å². The predicted octanol–water partition coefficient (Wildman–Crippen LogP) is 21.6. The van der Waals surface area contributed by atoms with E-state index in [0.29, 0.717) is 12.8 Å². The molecular weight excluding hydrogens is 1280 g/mol. The normalized spacial score (nSPS) is 21.6. The van der Waals surface area contributed by atoms with E-state index >= 15 is 0 Å². The van der Waals surface area contributed by atoms with Crippen LogP contribution in [0.3, 0.4) is 0 Å². The summed E-state index contributed by atoms with van der Waals surface area (Å²) in [5.41, 5.74) is 0. The molecule has 0 aromatic carbocycles. The SMILES string of the molecule is CCCCCCCCCC/C=C\CCCCCCCCCCCCCCCCCCCCCCCCCCCCCCCC(=O)NC(COC1OC(CO)C(OC2OC(CO)C(O)C(O)C2O)C(O)C1O)C(O)CCCCCCCCCCCCCCCCCCCCCCCCCCCCC. The predicted molar refractivity (Wildman–Crippen MR) is 425 cm³/mol. The number of hydrogen-bond acceptors (Lipinski definition) is 13. The lowest BCUT2D eigenvalue weighted by molar-refractivity contribution is -0.359. The molecule has 0 radical (unpaired) electrons. The summed E-state index contributed by atoms with van der Waals surface area (Å²) in [6.45, 7) is 2.95.